The maximum Gasteiger partial charge on any atom is 0.260 e. The molecule has 7 heteroatoms. The molecular formula is C22H22FN3O3. The topological polar surface area (TPSA) is 58.8 Å². The van der Waals surface area contributed by atoms with Gasteiger partial charge in [0.05, 0.1) is 12.7 Å². The van der Waals surface area contributed by atoms with E-state index >= 15 is 0 Å². The van der Waals surface area contributed by atoms with E-state index in [0.29, 0.717) is 31.3 Å². The molecule has 2 aromatic carbocycles. The Morgan fingerprint density at radius 2 is 1.76 bits per heavy atom. The molecular weight excluding hydrogens is 373 g/mol. The number of nitrogens with zero attached hydrogens (tertiary/aromatic N) is 3. The van der Waals surface area contributed by atoms with Gasteiger partial charge in [-0.3, -0.25) is 9.69 Å². The van der Waals surface area contributed by atoms with Crippen molar-refractivity contribution in [1.82, 2.24) is 14.8 Å². The standard InChI is InChI=1S/C22H22FN3O3/c23-18-6-8-19(9-7-18)28-16-22(27)26-12-10-25(11-13-26)15-21-24-14-20(29-21)17-4-2-1-3-5-17/h1-9,14H,10-13,15-16H2. The number of amides is 1. The summed E-state index contributed by atoms with van der Waals surface area (Å²) in [5, 5.41) is 0. The van der Waals surface area contributed by atoms with E-state index in [1.165, 1.54) is 24.3 Å². The van der Waals surface area contributed by atoms with Gasteiger partial charge in [0, 0.05) is 31.7 Å². The lowest BCUT2D eigenvalue weighted by molar-refractivity contribution is -0.135. The molecule has 0 bridgehead atoms. The van der Waals surface area contributed by atoms with Gasteiger partial charge in [0.2, 0.25) is 5.89 Å². The van der Waals surface area contributed by atoms with Gasteiger partial charge < -0.3 is 14.1 Å². The molecule has 0 N–H and O–H groups in total. The lowest BCUT2D eigenvalue weighted by Crippen LogP contribution is -2.49. The molecule has 0 aliphatic carbocycles. The minimum absolute atomic E-state index is 0.0498. The van der Waals surface area contributed by atoms with Crippen molar-refractivity contribution in [1.29, 1.82) is 0 Å². The molecule has 1 aliphatic rings. The minimum atomic E-state index is -0.332. The first-order valence-electron chi connectivity index (χ1n) is 9.56. The Bertz CT molecular complexity index is 935. The Morgan fingerprint density at radius 1 is 1.03 bits per heavy atom. The number of ether oxygens (including phenoxy) is 1. The van der Waals surface area contributed by atoms with E-state index in [2.05, 4.69) is 9.88 Å². The summed E-state index contributed by atoms with van der Waals surface area (Å²) in [5.41, 5.74) is 1.00. The van der Waals surface area contributed by atoms with E-state index in [-0.39, 0.29) is 18.3 Å². The van der Waals surface area contributed by atoms with Crippen LogP contribution < -0.4 is 4.74 Å². The van der Waals surface area contributed by atoms with Crippen LogP contribution >= 0.6 is 0 Å². The summed E-state index contributed by atoms with van der Waals surface area (Å²) in [7, 11) is 0. The van der Waals surface area contributed by atoms with Gasteiger partial charge in [0.25, 0.3) is 5.91 Å². The van der Waals surface area contributed by atoms with E-state index in [9.17, 15) is 9.18 Å². The molecule has 1 fully saturated rings. The molecule has 0 saturated carbocycles. The summed E-state index contributed by atoms with van der Waals surface area (Å²) in [6.07, 6.45) is 1.75. The van der Waals surface area contributed by atoms with Crippen LogP contribution in [-0.4, -0.2) is 53.5 Å². The van der Waals surface area contributed by atoms with Gasteiger partial charge in [-0.1, -0.05) is 30.3 Å². The summed E-state index contributed by atoms with van der Waals surface area (Å²) in [6, 6.07) is 15.5. The summed E-state index contributed by atoms with van der Waals surface area (Å²) in [6.45, 7) is 3.29. The molecule has 150 valence electrons. The predicted molar refractivity (Wildman–Crippen MR) is 106 cm³/mol. The van der Waals surface area contributed by atoms with Gasteiger partial charge in [0.1, 0.15) is 11.6 Å². The molecule has 0 spiro atoms. The number of benzene rings is 2. The molecule has 6 nitrogen and oxygen atoms in total. The van der Waals surface area contributed by atoms with Crippen LogP contribution in [0.4, 0.5) is 4.39 Å². The van der Waals surface area contributed by atoms with E-state index in [0.717, 1.165) is 24.4 Å². The number of aromatic nitrogens is 1. The SMILES string of the molecule is O=C(COc1ccc(F)cc1)N1CCN(Cc2ncc(-c3ccccc3)o2)CC1. The number of halogens is 1. The number of hydrogen-bond donors (Lipinski definition) is 0. The molecule has 0 radical (unpaired) electrons. The number of oxazole rings is 1. The fraction of sp³-hybridized carbons (Fsp3) is 0.273. The van der Waals surface area contributed by atoms with Crippen LogP contribution in [0.5, 0.6) is 5.75 Å². The number of rotatable bonds is 6. The van der Waals surface area contributed by atoms with Crippen LogP contribution in [0, 0.1) is 5.82 Å². The molecule has 1 aliphatic heterocycles. The van der Waals surface area contributed by atoms with Crippen molar-refractivity contribution < 1.29 is 18.3 Å². The van der Waals surface area contributed by atoms with Crippen molar-refractivity contribution in [3.8, 4) is 17.1 Å². The first-order chi connectivity index (χ1) is 14.2. The number of piperazine rings is 1. The van der Waals surface area contributed by atoms with E-state index in [1.54, 1.807) is 11.1 Å². The van der Waals surface area contributed by atoms with Gasteiger partial charge in [-0.15, -0.1) is 0 Å². The first kappa shape index (κ1) is 19.1. The molecule has 1 aromatic heterocycles. The Hall–Kier alpha value is -3.19. The zero-order valence-electron chi connectivity index (χ0n) is 16.0. The highest BCUT2D eigenvalue weighted by molar-refractivity contribution is 5.77. The Labute approximate surface area is 168 Å². The molecule has 0 atom stereocenters. The molecule has 1 saturated heterocycles. The van der Waals surface area contributed by atoms with Crippen molar-refractivity contribution in [3.63, 3.8) is 0 Å². The third-order valence-electron chi connectivity index (χ3n) is 4.87. The van der Waals surface area contributed by atoms with Crippen molar-refractivity contribution >= 4 is 5.91 Å². The van der Waals surface area contributed by atoms with Crippen LogP contribution in [0.2, 0.25) is 0 Å². The number of carbonyl (C=O) groups excluding carboxylic acids is 1. The monoisotopic (exact) mass is 395 g/mol. The van der Waals surface area contributed by atoms with Gasteiger partial charge in [-0.2, -0.15) is 0 Å². The third kappa shape index (κ3) is 5.00. The van der Waals surface area contributed by atoms with Crippen LogP contribution in [0.3, 0.4) is 0 Å². The second kappa shape index (κ2) is 8.87. The van der Waals surface area contributed by atoms with Gasteiger partial charge in [0.15, 0.2) is 12.4 Å². The summed E-state index contributed by atoms with van der Waals surface area (Å²) >= 11 is 0. The van der Waals surface area contributed by atoms with E-state index in [4.69, 9.17) is 9.15 Å². The van der Waals surface area contributed by atoms with E-state index < -0.39 is 0 Å². The highest BCUT2D eigenvalue weighted by Gasteiger charge is 2.22. The largest absolute Gasteiger partial charge is 0.484 e. The fourth-order valence-corrected chi connectivity index (χ4v) is 3.23. The number of hydrogen-bond acceptors (Lipinski definition) is 5. The highest BCUT2D eigenvalue weighted by atomic mass is 19.1. The van der Waals surface area contributed by atoms with Crippen LogP contribution in [0.15, 0.2) is 65.2 Å². The average Bonchev–Trinajstić information content (AvgIpc) is 3.23. The smallest absolute Gasteiger partial charge is 0.260 e. The normalized spacial score (nSPS) is 14.7. The Kier molecular flexibility index (Phi) is 5.86. The summed E-state index contributed by atoms with van der Waals surface area (Å²) < 4.78 is 24.2. The fourth-order valence-electron chi connectivity index (χ4n) is 3.23. The van der Waals surface area contributed by atoms with Gasteiger partial charge >= 0.3 is 0 Å². The Balaban J connectivity index is 1.23. The third-order valence-corrected chi connectivity index (χ3v) is 4.87. The lowest BCUT2D eigenvalue weighted by Gasteiger charge is -2.33. The van der Waals surface area contributed by atoms with Crippen LogP contribution in [-0.2, 0) is 11.3 Å². The van der Waals surface area contributed by atoms with Crippen molar-refractivity contribution in [2.24, 2.45) is 0 Å². The van der Waals surface area contributed by atoms with Gasteiger partial charge in [-0.05, 0) is 24.3 Å². The second-order valence-electron chi connectivity index (χ2n) is 6.88. The lowest BCUT2D eigenvalue weighted by atomic mass is 10.2. The molecule has 0 unspecified atom stereocenters. The van der Waals surface area contributed by atoms with Crippen LogP contribution in [0.1, 0.15) is 5.89 Å². The molecule has 1 amide bonds. The van der Waals surface area contributed by atoms with Crippen molar-refractivity contribution in [2.45, 2.75) is 6.54 Å². The summed E-state index contributed by atoms with van der Waals surface area (Å²) in [5.74, 6) is 1.50. The minimum Gasteiger partial charge on any atom is -0.484 e. The first-order valence-corrected chi connectivity index (χ1v) is 9.56. The zero-order valence-corrected chi connectivity index (χ0v) is 16.0. The van der Waals surface area contributed by atoms with Crippen molar-refractivity contribution in [3.05, 3.63) is 72.5 Å². The molecule has 3 aromatic rings. The predicted octanol–water partition coefficient (Wildman–Crippen LogP) is 3.20. The van der Waals surface area contributed by atoms with Crippen molar-refractivity contribution in [2.75, 3.05) is 32.8 Å². The van der Waals surface area contributed by atoms with Gasteiger partial charge in [-0.25, -0.2) is 9.37 Å². The average molecular weight is 395 g/mol. The van der Waals surface area contributed by atoms with Crippen LogP contribution in [0.25, 0.3) is 11.3 Å². The molecule has 2 heterocycles. The quantitative estimate of drug-likeness (QED) is 0.642. The Morgan fingerprint density at radius 3 is 2.48 bits per heavy atom. The highest BCUT2D eigenvalue weighted by Crippen LogP contribution is 2.20. The maximum absolute atomic E-state index is 12.9. The number of carbonyl (C=O) groups is 1. The summed E-state index contributed by atoms with van der Waals surface area (Å²) in [4.78, 5) is 20.7. The van der Waals surface area contributed by atoms with E-state index in [1.807, 2.05) is 30.3 Å². The molecule has 4 rings (SSSR count). The molecule has 29 heavy (non-hydrogen) atoms. The maximum atomic E-state index is 12.9. The second-order valence-corrected chi connectivity index (χ2v) is 6.88. The zero-order chi connectivity index (χ0) is 20.1.